The van der Waals surface area contributed by atoms with E-state index in [1.54, 1.807) is 24.3 Å². The molecule has 0 bridgehead atoms. The van der Waals surface area contributed by atoms with Gasteiger partial charge >= 0.3 is 0 Å². The minimum absolute atomic E-state index is 0.125. The van der Waals surface area contributed by atoms with Gasteiger partial charge in [-0.05, 0) is 26.5 Å². The molecule has 0 spiro atoms. The minimum atomic E-state index is -0.379. The monoisotopic (exact) mass is 288 g/mol. The van der Waals surface area contributed by atoms with Crippen molar-refractivity contribution in [2.45, 2.75) is 26.9 Å². The smallest absolute Gasteiger partial charge is 0.269 e. The summed E-state index contributed by atoms with van der Waals surface area (Å²) in [7, 11) is 3.98. The van der Waals surface area contributed by atoms with E-state index in [4.69, 9.17) is 0 Å². The highest BCUT2D eigenvalue weighted by Crippen LogP contribution is 2.17. The largest absolute Gasteiger partial charge is 0.298 e. The van der Waals surface area contributed by atoms with Crippen molar-refractivity contribution < 1.29 is 4.92 Å². The van der Waals surface area contributed by atoms with E-state index in [1.807, 2.05) is 25.7 Å². The highest BCUT2D eigenvalue weighted by molar-refractivity contribution is 5.33. The summed E-state index contributed by atoms with van der Waals surface area (Å²) in [6.45, 7) is 5.63. The Morgan fingerprint density at radius 1 is 1.24 bits per heavy atom. The van der Waals surface area contributed by atoms with Gasteiger partial charge in [-0.15, -0.1) is 0 Å². The quantitative estimate of drug-likeness (QED) is 0.626. The molecule has 0 N–H and O–H groups in total. The molecule has 0 aliphatic carbocycles. The molecule has 0 aliphatic heterocycles. The van der Waals surface area contributed by atoms with Crippen molar-refractivity contribution in [1.29, 1.82) is 0 Å². The maximum Gasteiger partial charge on any atom is 0.269 e. The zero-order chi connectivity index (χ0) is 15.6. The number of hydrogen-bond acceptors (Lipinski definition) is 4. The molecule has 0 aliphatic rings. The molecule has 6 nitrogen and oxygen atoms in total. The van der Waals surface area contributed by atoms with Gasteiger partial charge in [0.05, 0.1) is 10.6 Å². The third-order valence-corrected chi connectivity index (χ3v) is 3.69. The number of benzene rings is 1. The summed E-state index contributed by atoms with van der Waals surface area (Å²) in [6.07, 6.45) is 0. The Kier molecular flexibility index (Phi) is 4.37. The minimum Gasteiger partial charge on any atom is -0.298 e. The molecule has 2 aromatic rings. The van der Waals surface area contributed by atoms with Crippen LogP contribution in [0.4, 0.5) is 5.69 Å². The molecule has 0 atom stereocenters. The van der Waals surface area contributed by atoms with Gasteiger partial charge in [0.2, 0.25) is 0 Å². The molecule has 0 saturated heterocycles. The molecule has 1 aromatic heterocycles. The Labute approximate surface area is 124 Å². The predicted molar refractivity (Wildman–Crippen MR) is 80.9 cm³/mol. The van der Waals surface area contributed by atoms with Gasteiger partial charge < -0.3 is 0 Å². The molecule has 112 valence electrons. The predicted octanol–water partition coefficient (Wildman–Crippen LogP) is 2.58. The number of non-ortho nitro benzene ring substituents is 1. The van der Waals surface area contributed by atoms with Crippen LogP contribution in [0.1, 0.15) is 22.5 Å². The SMILES string of the molecule is Cc1nn(C)c(C)c1CN(C)Cc1ccc([N+](=O)[O-])cc1. The van der Waals surface area contributed by atoms with E-state index in [1.165, 1.54) is 11.3 Å². The number of aryl methyl sites for hydroxylation is 2. The summed E-state index contributed by atoms with van der Waals surface area (Å²) >= 11 is 0. The maximum absolute atomic E-state index is 10.6. The molecule has 0 amide bonds. The third-order valence-electron chi connectivity index (χ3n) is 3.69. The fourth-order valence-electron chi connectivity index (χ4n) is 2.41. The standard InChI is InChI=1S/C15H20N4O2/c1-11-15(12(2)18(4)16-11)10-17(3)9-13-5-7-14(8-6-13)19(20)21/h5-8H,9-10H2,1-4H3. The first kappa shape index (κ1) is 15.2. The lowest BCUT2D eigenvalue weighted by atomic mass is 10.1. The Hall–Kier alpha value is -2.21. The average Bonchev–Trinajstić information content (AvgIpc) is 2.66. The van der Waals surface area contributed by atoms with Crippen LogP contribution in [0.15, 0.2) is 24.3 Å². The Bertz CT molecular complexity index is 646. The fraction of sp³-hybridized carbons (Fsp3) is 0.400. The summed E-state index contributed by atoms with van der Waals surface area (Å²) < 4.78 is 1.89. The van der Waals surface area contributed by atoms with Gasteiger partial charge in [-0.25, -0.2) is 0 Å². The average molecular weight is 288 g/mol. The Morgan fingerprint density at radius 2 is 1.86 bits per heavy atom. The lowest BCUT2D eigenvalue weighted by Gasteiger charge is -2.17. The number of nitro groups is 1. The van der Waals surface area contributed by atoms with Gasteiger partial charge in [0.25, 0.3) is 5.69 Å². The zero-order valence-electron chi connectivity index (χ0n) is 12.8. The van der Waals surface area contributed by atoms with Crippen molar-refractivity contribution in [3.63, 3.8) is 0 Å². The topological polar surface area (TPSA) is 64.2 Å². The van der Waals surface area contributed by atoms with Gasteiger partial charge in [0.15, 0.2) is 0 Å². The van der Waals surface area contributed by atoms with E-state index in [9.17, 15) is 10.1 Å². The molecule has 6 heteroatoms. The number of rotatable bonds is 5. The van der Waals surface area contributed by atoms with Crippen LogP contribution in [0.2, 0.25) is 0 Å². The van der Waals surface area contributed by atoms with Crippen molar-refractivity contribution >= 4 is 5.69 Å². The number of nitrogens with zero attached hydrogens (tertiary/aromatic N) is 4. The van der Waals surface area contributed by atoms with Crippen LogP contribution >= 0.6 is 0 Å². The van der Waals surface area contributed by atoms with E-state index in [0.29, 0.717) is 0 Å². The molecule has 0 unspecified atom stereocenters. The molecule has 0 saturated carbocycles. The summed E-state index contributed by atoms with van der Waals surface area (Å²) in [6, 6.07) is 6.70. The molecule has 2 rings (SSSR count). The second-order valence-corrected chi connectivity index (χ2v) is 5.37. The second-order valence-electron chi connectivity index (χ2n) is 5.37. The van der Waals surface area contributed by atoms with E-state index in [2.05, 4.69) is 16.9 Å². The zero-order valence-corrected chi connectivity index (χ0v) is 12.8. The van der Waals surface area contributed by atoms with Crippen LogP contribution < -0.4 is 0 Å². The van der Waals surface area contributed by atoms with Crippen LogP contribution in [-0.2, 0) is 20.1 Å². The van der Waals surface area contributed by atoms with Crippen molar-refractivity contribution in [1.82, 2.24) is 14.7 Å². The normalized spacial score (nSPS) is 11.1. The first-order valence-electron chi connectivity index (χ1n) is 6.79. The van der Waals surface area contributed by atoms with E-state index < -0.39 is 0 Å². The maximum atomic E-state index is 10.6. The number of nitro benzene ring substituents is 1. The van der Waals surface area contributed by atoms with Gasteiger partial charge in [-0.2, -0.15) is 5.10 Å². The lowest BCUT2D eigenvalue weighted by molar-refractivity contribution is -0.384. The first-order chi connectivity index (χ1) is 9.88. The van der Waals surface area contributed by atoms with Gasteiger partial charge in [0.1, 0.15) is 0 Å². The van der Waals surface area contributed by atoms with Gasteiger partial charge in [-0.1, -0.05) is 12.1 Å². The molecule has 1 heterocycles. The molecule has 1 aromatic carbocycles. The summed E-state index contributed by atoms with van der Waals surface area (Å²) in [5.74, 6) is 0. The number of hydrogen-bond donors (Lipinski definition) is 0. The molecule has 0 radical (unpaired) electrons. The summed E-state index contributed by atoms with van der Waals surface area (Å²) in [4.78, 5) is 12.4. The van der Waals surface area contributed by atoms with Crippen LogP contribution in [0.5, 0.6) is 0 Å². The summed E-state index contributed by atoms with van der Waals surface area (Å²) in [5, 5.41) is 15.1. The highest BCUT2D eigenvalue weighted by atomic mass is 16.6. The molecule has 0 fully saturated rings. The van der Waals surface area contributed by atoms with Crippen molar-refractivity contribution in [2.24, 2.45) is 7.05 Å². The van der Waals surface area contributed by atoms with Gasteiger partial charge in [0, 0.05) is 43.5 Å². The van der Waals surface area contributed by atoms with E-state index in [-0.39, 0.29) is 10.6 Å². The fourth-order valence-corrected chi connectivity index (χ4v) is 2.41. The Balaban J connectivity index is 2.04. The molecule has 21 heavy (non-hydrogen) atoms. The van der Waals surface area contributed by atoms with E-state index >= 15 is 0 Å². The molecular weight excluding hydrogens is 268 g/mol. The first-order valence-corrected chi connectivity index (χ1v) is 6.79. The summed E-state index contributed by atoms with van der Waals surface area (Å²) in [5.41, 5.74) is 4.64. The second kappa shape index (κ2) is 6.05. The van der Waals surface area contributed by atoms with Crippen LogP contribution in [0.3, 0.4) is 0 Å². The molecular formula is C15H20N4O2. The number of aromatic nitrogens is 2. The van der Waals surface area contributed by atoms with Gasteiger partial charge in [-0.3, -0.25) is 19.7 Å². The van der Waals surface area contributed by atoms with Crippen LogP contribution in [0, 0.1) is 24.0 Å². The van der Waals surface area contributed by atoms with Crippen LogP contribution in [-0.4, -0.2) is 26.7 Å². The van der Waals surface area contributed by atoms with E-state index in [0.717, 1.165) is 24.3 Å². The van der Waals surface area contributed by atoms with Crippen molar-refractivity contribution in [3.8, 4) is 0 Å². The van der Waals surface area contributed by atoms with Crippen LogP contribution in [0.25, 0.3) is 0 Å². The third kappa shape index (κ3) is 3.46. The van der Waals surface area contributed by atoms with Crippen molar-refractivity contribution in [2.75, 3.05) is 7.05 Å². The Morgan fingerprint density at radius 3 is 2.33 bits per heavy atom. The van der Waals surface area contributed by atoms with Crippen molar-refractivity contribution in [3.05, 3.63) is 56.9 Å². The highest BCUT2D eigenvalue weighted by Gasteiger charge is 2.12. The lowest BCUT2D eigenvalue weighted by Crippen LogP contribution is -2.18.